The molecule has 0 saturated heterocycles. The Balaban J connectivity index is 2.81. The van der Waals surface area contributed by atoms with Gasteiger partial charge in [0, 0.05) is 10.0 Å². The smallest absolute Gasteiger partial charge is 0.307 e. The molecule has 1 rings (SSSR count). The Morgan fingerprint density at radius 2 is 2.18 bits per heavy atom. The molecular formula is C13H14BrClO2. The van der Waals surface area contributed by atoms with Crippen LogP contribution in [0.3, 0.4) is 0 Å². The molecule has 0 aromatic heterocycles. The van der Waals surface area contributed by atoms with Crippen LogP contribution in [0.15, 0.2) is 39.8 Å². The third-order valence-corrected chi connectivity index (χ3v) is 3.67. The van der Waals surface area contributed by atoms with Crippen LogP contribution in [0.4, 0.5) is 0 Å². The van der Waals surface area contributed by atoms with Crippen molar-refractivity contribution in [2.45, 2.75) is 19.8 Å². The van der Waals surface area contributed by atoms with Crippen molar-refractivity contribution >= 4 is 33.5 Å². The van der Waals surface area contributed by atoms with Gasteiger partial charge in [0.2, 0.25) is 0 Å². The van der Waals surface area contributed by atoms with E-state index in [1.807, 2.05) is 31.2 Å². The van der Waals surface area contributed by atoms with E-state index >= 15 is 0 Å². The number of rotatable bonds is 5. The van der Waals surface area contributed by atoms with Crippen LogP contribution in [-0.4, -0.2) is 11.1 Å². The average Bonchev–Trinajstić information content (AvgIpc) is 2.30. The van der Waals surface area contributed by atoms with E-state index in [1.165, 1.54) is 5.54 Å². The number of aliphatic carboxylic acids is 1. The first-order valence-corrected chi connectivity index (χ1v) is 6.49. The highest BCUT2D eigenvalue weighted by Gasteiger charge is 2.19. The molecule has 1 N–H and O–H groups in total. The first kappa shape index (κ1) is 14.3. The van der Waals surface area contributed by atoms with E-state index < -0.39 is 11.9 Å². The first-order valence-electron chi connectivity index (χ1n) is 5.26. The molecule has 17 heavy (non-hydrogen) atoms. The summed E-state index contributed by atoms with van der Waals surface area (Å²) in [5.74, 6) is -1.23. The van der Waals surface area contributed by atoms with Crippen molar-refractivity contribution in [3.63, 3.8) is 0 Å². The van der Waals surface area contributed by atoms with E-state index in [0.717, 1.165) is 15.6 Å². The lowest BCUT2D eigenvalue weighted by Crippen LogP contribution is -2.17. The van der Waals surface area contributed by atoms with E-state index in [1.54, 1.807) is 0 Å². The molecule has 2 nitrogen and oxygen atoms in total. The van der Waals surface area contributed by atoms with Gasteiger partial charge in [-0.25, -0.2) is 0 Å². The number of carboxylic acid groups (broad SMARTS) is 1. The number of benzene rings is 1. The van der Waals surface area contributed by atoms with Crippen LogP contribution in [0.1, 0.15) is 18.9 Å². The topological polar surface area (TPSA) is 37.3 Å². The minimum absolute atomic E-state index is 0.441. The van der Waals surface area contributed by atoms with Gasteiger partial charge < -0.3 is 5.11 Å². The molecule has 0 saturated carbocycles. The van der Waals surface area contributed by atoms with Crippen LogP contribution in [-0.2, 0) is 11.2 Å². The van der Waals surface area contributed by atoms with Gasteiger partial charge in [-0.3, -0.25) is 4.79 Å². The number of halogens is 2. The average molecular weight is 318 g/mol. The zero-order valence-corrected chi connectivity index (χ0v) is 11.8. The molecule has 0 radical (unpaired) electrons. The molecule has 1 unspecified atom stereocenters. The Bertz CT molecular complexity index is 429. The van der Waals surface area contributed by atoms with Gasteiger partial charge in [-0.1, -0.05) is 51.3 Å². The maximum atomic E-state index is 11.2. The van der Waals surface area contributed by atoms with Crippen LogP contribution in [0.25, 0.3) is 0 Å². The van der Waals surface area contributed by atoms with Crippen molar-refractivity contribution in [2.24, 2.45) is 5.92 Å². The first-order chi connectivity index (χ1) is 8.04. The molecule has 0 bridgehead atoms. The van der Waals surface area contributed by atoms with E-state index in [4.69, 9.17) is 11.6 Å². The fourth-order valence-corrected chi connectivity index (χ4v) is 2.15. The maximum absolute atomic E-state index is 11.2. The highest BCUT2D eigenvalue weighted by atomic mass is 79.9. The summed E-state index contributed by atoms with van der Waals surface area (Å²) < 4.78 is 0.943. The summed E-state index contributed by atoms with van der Waals surface area (Å²) >= 11 is 8.99. The minimum Gasteiger partial charge on any atom is -0.481 e. The van der Waals surface area contributed by atoms with Crippen LogP contribution < -0.4 is 0 Å². The second kappa shape index (κ2) is 6.82. The monoisotopic (exact) mass is 316 g/mol. The maximum Gasteiger partial charge on any atom is 0.307 e. The van der Waals surface area contributed by atoms with Gasteiger partial charge in [0.25, 0.3) is 0 Å². The van der Waals surface area contributed by atoms with E-state index in [-0.39, 0.29) is 0 Å². The van der Waals surface area contributed by atoms with Crippen molar-refractivity contribution in [3.8, 4) is 0 Å². The second-order valence-corrected chi connectivity index (χ2v) is 5.06. The molecule has 1 aromatic rings. The summed E-state index contributed by atoms with van der Waals surface area (Å²) in [5, 5.41) is 9.18. The Morgan fingerprint density at radius 3 is 2.71 bits per heavy atom. The zero-order chi connectivity index (χ0) is 12.8. The van der Waals surface area contributed by atoms with Crippen molar-refractivity contribution in [3.05, 3.63) is 45.4 Å². The van der Waals surface area contributed by atoms with Gasteiger partial charge in [0.05, 0.1) is 5.92 Å². The highest BCUT2D eigenvalue weighted by molar-refractivity contribution is 9.10. The Morgan fingerprint density at radius 1 is 1.53 bits per heavy atom. The second-order valence-electron chi connectivity index (χ2n) is 3.99. The van der Waals surface area contributed by atoms with Crippen molar-refractivity contribution in [1.29, 1.82) is 0 Å². The Hall–Kier alpha value is -0.800. The molecule has 4 heteroatoms. The standard InChI is InChI=1S/C13H14BrClO2/c1-9(8-15)6-11(13(16)17)7-10-4-2-3-5-12(10)14/h2-5,8,11H,6-7H2,1H3,(H,16,17)/b9-8-. The molecule has 0 amide bonds. The highest BCUT2D eigenvalue weighted by Crippen LogP contribution is 2.23. The van der Waals surface area contributed by atoms with Gasteiger partial charge in [0.15, 0.2) is 0 Å². The third kappa shape index (κ3) is 4.52. The summed E-state index contributed by atoms with van der Waals surface area (Å²) in [6.45, 7) is 1.84. The van der Waals surface area contributed by atoms with Crippen LogP contribution in [0.5, 0.6) is 0 Å². The summed E-state index contributed by atoms with van der Waals surface area (Å²) in [5.41, 5.74) is 3.32. The zero-order valence-electron chi connectivity index (χ0n) is 9.49. The number of carboxylic acids is 1. The number of allylic oxidation sites excluding steroid dienone is 1. The third-order valence-electron chi connectivity index (χ3n) is 2.53. The fourth-order valence-electron chi connectivity index (χ4n) is 1.61. The Kier molecular flexibility index (Phi) is 5.72. The van der Waals surface area contributed by atoms with Crippen molar-refractivity contribution in [1.82, 2.24) is 0 Å². The summed E-state index contributed by atoms with van der Waals surface area (Å²) in [7, 11) is 0. The predicted octanol–water partition coefficient (Wildman–Crippen LogP) is 4.23. The normalized spacial score (nSPS) is 13.5. The molecule has 0 aliphatic heterocycles. The number of carbonyl (C=O) groups is 1. The lowest BCUT2D eigenvalue weighted by molar-refractivity contribution is -0.141. The summed E-state index contributed by atoms with van der Waals surface area (Å²) in [6.07, 6.45) is 0.971. The fraction of sp³-hybridized carbons (Fsp3) is 0.308. The molecule has 92 valence electrons. The van der Waals surface area contributed by atoms with Gasteiger partial charge >= 0.3 is 5.97 Å². The predicted molar refractivity (Wildman–Crippen MR) is 73.2 cm³/mol. The lowest BCUT2D eigenvalue weighted by Gasteiger charge is -2.13. The molecule has 1 atom stereocenters. The van der Waals surface area contributed by atoms with Crippen LogP contribution >= 0.6 is 27.5 Å². The van der Waals surface area contributed by atoms with E-state index in [9.17, 15) is 9.90 Å². The van der Waals surface area contributed by atoms with Crippen LogP contribution in [0, 0.1) is 5.92 Å². The molecule has 1 aromatic carbocycles. The summed E-state index contributed by atoms with van der Waals surface area (Å²) in [6, 6.07) is 7.66. The minimum atomic E-state index is -0.793. The lowest BCUT2D eigenvalue weighted by atomic mass is 9.93. The van der Waals surface area contributed by atoms with Gasteiger partial charge in [-0.15, -0.1) is 0 Å². The largest absolute Gasteiger partial charge is 0.481 e. The van der Waals surface area contributed by atoms with Gasteiger partial charge in [-0.05, 0) is 31.4 Å². The van der Waals surface area contributed by atoms with Gasteiger partial charge in [0.1, 0.15) is 0 Å². The summed E-state index contributed by atoms with van der Waals surface area (Å²) in [4.78, 5) is 11.2. The van der Waals surface area contributed by atoms with Gasteiger partial charge in [-0.2, -0.15) is 0 Å². The molecule has 0 aliphatic rings. The van der Waals surface area contributed by atoms with Crippen molar-refractivity contribution in [2.75, 3.05) is 0 Å². The number of hydrogen-bond acceptors (Lipinski definition) is 1. The van der Waals surface area contributed by atoms with Crippen LogP contribution in [0.2, 0.25) is 0 Å². The SMILES string of the molecule is C/C(=C/Cl)CC(Cc1ccccc1Br)C(=O)O. The van der Waals surface area contributed by atoms with E-state index in [2.05, 4.69) is 15.9 Å². The van der Waals surface area contributed by atoms with Crippen molar-refractivity contribution < 1.29 is 9.90 Å². The molecule has 0 heterocycles. The number of hydrogen-bond donors (Lipinski definition) is 1. The quantitative estimate of drug-likeness (QED) is 0.882. The molecule has 0 spiro atoms. The van der Waals surface area contributed by atoms with E-state index in [0.29, 0.717) is 12.8 Å². The molecular weight excluding hydrogens is 303 g/mol. The Labute approximate surface area is 114 Å². The molecule has 0 fully saturated rings. The molecule has 0 aliphatic carbocycles.